The van der Waals surface area contributed by atoms with Gasteiger partial charge >= 0.3 is 5.97 Å². The Morgan fingerprint density at radius 2 is 1.95 bits per heavy atom. The number of methoxy groups -OCH3 is 2. The van der Waals surface area contributed by atoms with E-state index in [-0.39, 0.29) is 5.97 Å². The molecule has 0 saturated heterocycles. The van der Waals surface area contributed by atoms with Gasteiger partial charge < -0.3 is 14.2 Å². The van der Waals surface area contributed by atoms with Gasteiger partial charge in [-0.05, 0) is 41.3 Å². The molecular formula is C17H14O4S. The summed E-state index contributed by atoms with van der Waals surface area (Å²) in [5, 5.41) is 1.94. The maximum atomic E-state index is 12.0. The molecule has 3 rings (SSSR count). The van der Waals surface area contributed by atoms with Crippen LogP contribution in [0.4, 0.5) is 0 Å². The van der Waals surface area contributed by atoms with E-state index in [1.807, 2.05) is 29.6 Å². The summed E-state index contributed by atoms with van der Waals surface area (Å²) >= 11 is 1.53. The number of rotatable bonds is 4. The second-order valence-electron chi connectivity index (χ2n) is 4.59. The van der Waals surface area contributed by atoms with E-state index in [9.17, 15) is 4.79 Å². The Kier molecular flexibility index (Phi) is 3.98. The summed E-state index contributed by atoms with van der Waals surface area (Å²) in [6, 6.07) is 9.32. The summed E-state index contributed by atoms with van der Waals surface area (Å²) in [6.45, 7) is 0. The van der Waals surface area contributed by atoms with Crippen LogP contribution in [0.25, 0.3) is 11.8 Å². The van der Waals surface area contributed by atoms with Crippen LogP contribution in [0.1, 0.15) is 10.4 Å². The molecule has 0 radical (unpaired) electrons. The van der Waals surface area contributed by atoms with E-state index in [2.05, 4.69) is 0 Å². The zero-order valence-electron chi connectivity index (χ0n) is 12.2. The van der Waals surface area contributed by atoms with Gasteiger partial charge in [0.2, 0.25) is 0 Å². The SMILES string of the molecule is COc1ccc(/C=C2\C=C(c3cccs3)OC2=O)cc1OC. The lowest BCUT2D eigenvalue weighted by Gasteiger charge is -2.07. The normalized spacial score (nSPS) is 15.6. The van der Waals surface area contributed by atoms with Crippen molar-refractivity contribution in [2.24, 2.45) is 0 Å². The summed E-state index contributed by atoms with van der Waals surface area (Å²) < 4.78 is 15.8. The van der Waals surface area contributed by atoms with Crippen LogP contribution in [-0.2, 0) is 9.53 Å². The van der Waals surface area contributed by atoms with Gasteiger partial charge in [0.05, 0.1) is 24.7 Å². The van der Waals surface area contributed by atoms with Crippen LogP contribution in [0.3, 0.4) is 0 Å². The van der Waals surface area contributed by atoms with Crippen LogP contribution < -0.4 is 9.47 Å². The quantitative estimate of drug-likeness (QED) is 0.637. The number of benzene rings is 1. The second-order valence-corrected chi connectivity index (χ2v) is 5.54. The van der Waals surface area contributed by atoms with Crippen molar-refractivity contribution in [2.45, 2.75) is 0 Å². The number of esters is 1. The highest BCUT2D eigenvalue weighted by Gasteiger charge is 2.22. The average molecular weight is 314 g/mol. The predicted octanol–water partition coefficient (Wildman–Crippen LogP) is 3.75. The summed E-state index contributed by atoms with van der Waals surface area (Å²) in [6.07, 6.45) is 3.52. The summed E-state index contributed by atoms with van der Waals surface area (Å²) in [5.74, 6) is 1.50. The average Bonchev–Trinajstić information content (AvgIpc) is 3.17. The molecule has 0 aliphatic carbocycles. The van der Waals surface area contributed by atoms with Crippen molar-refractivity contribution in [2.75, 3.05) is 14.2 Å². The lowest BCUT2D eigenvalue weighted by atomic mass is 10.1. The van der Waals surface area contributed by atoms with E-state index in [0.29, 0.717) is 22.8 Å². The lowest BCUT2D eigenvalue weighted by Crippen LogP contribution is -1.97. The molecule has 0 spiro atoms. The highest BCUT2D eigenvalue weighted by molar-refractivity contribution is 7.11. The molecule has 1 aliphatic rings. The van der Waals surface area contributed by atoms with Gasteiger partial charge in [-0.3, -0.25) is 0 Å². The molecule has 0 atom stereocenters. The Balaban J connectivity index is 1.93. The molecule has 0 amide bonds. The number of hydrogen-bond donors (Lipinski definition) is 0. The molecule has 0 bridgehead atoms. The largest absolute Gasteiger partial charge is 0.493 e. The summed E-state index contributed by atoms with van der Waals surface area (Å²) in [7, 11) is 3.16. The van der Waals surface area contributed by atoms with Crippen LogP contribution >= 0.6 is 11.3 Å². The van der Waals surface area contributed by atoms with E-state index in [1.165, 1.54) is 11.3 Å². The Morgan fingerprint density at radius 1 is 1.14 bits per heavy atom. The molecule has 1 aromatic heterocycles. The standard InChI is InChI=1S/C17H14O4S/c1-19-13-6-5-11(9-14(13)20-2)8-12-10-15(21-17(12)18)16-4-3-7-22-16/h3-10H,1-2H3/b12-8+. The van der Waals surface area contributed by atoms with Gasteiger partial charge in [-0.1, -0.05) is 12.1 Å². The molecule has 1 aromatic carbocycles. The topological polar surface area (TPSA) is 44.8 Å². The molecule has 0 saturated carbocycles. The van der Waals surface area contributed by atoms with Crippen LogP contribution in [0.15, 0.2) is 47.4 Å². The minimum Gasteiger partial charge on any atom is -0.493 e. The maximum absolute atomic E-state index is 12.0. The first kappa shape index (κ1) is 14.4. The van der Waals surface area contributed by atoms with Gasteiger partial charge in [-0.25, -0.2) is 4.79 Å². The number of ether oxygens (including phenoxy) is 3. The van der Waals surface area contributed by atoms with Gasteiger partial charge in [0, 0.05) is 0 Å². The van der Waals surface area contributed by atoms with Crippen molar-refractivity contribution in [3.8, 4) is 11.5 Å². The van der Waals surface area contributed by atoms with Gasteiger partial charge in [-0.2, -0.15) is 0 Å². The monoisotopic (exact) mass is 314 g/mol. The third-order valence-electron chi connectivity index (χ3n) is 3.22. The molecular weight excluding hydrogens is 300 g/mol. The summed E-state index contributed by atoms with van der Waals surface area (Å²) in [5.41, 5.74) is 1.35. The Morgan fingerprint density at radius 3 is 2.64 bits per heavy atom. The molecule has 1 aliphatic heterocycles. The molecule has 0 fully saturated rings. The van der Waals surface area contributed by atoms with E-state index >= 15 is 0 Å². The minimum atomic E-state index is -0.349. The first-order chi connectivity index (χ1) is 10.7. The van der Waals surface area contributed by atoms with Crippen LogP contribution in [-0.4, -0.2) is 20.2 Å². The molecule has 0 unspecified atom stereocenters. The van der Waals surface area contributed by atoms with Crippen LogP contribution in [0, 0.1) is 0 Å². The number of carbonyl (C=O) groups excluding carboxylic acids is 1. The van der Waals surface area contributed by atoms with Gasteiger partial charge in [-0.15, -0.1) is 11.3 Å². The van der Waals surface area contributed by atoms with E-state index in [4.69, 9.17) is 14.2 Å². The number of carbonyl (C=O) groups is 1. The van der Waals surface area contributed by atoms with Gasteiger partial charge in [0.1, 0.15) is 5.76 Å². The van der Waals surface area contributed by atoms with E-state index in [0.717, 1.165) is 10.4 Å². The highest BCUT2D eigenvalue weighted by atomic mass is 32.1. The van der Waals surface area contributed by atoms with Crippen molar-refractivity contribution in [1.29, 1.82) is 0 Å². The van der Waals surface area contributed by atoms with Crippen molar-refractivity contribution >= 4 is 29.1 Å². The zero-order valence-corrected chi connectivity index (χ0v) is 13.0. The van der Waals surface area contributed by atoms with Crippen molar-refractivity contribution < 1.29 is 19.0 Å². The molecule has 2 heterocycles. The number of thiophene rings is 1. The smallest absolute Gasteiger partial charge is 0.343 e. The van der Waals surface area contributed by atoms with Gasteiger partial charge in [0.25, 0.3) is 0 Å². The molecule has 0 N–H and O–H groups in total. The highest BCUT2D eigenvalue weighted by Crippen LogP contribution is 2.32. The van der Waals surface area contributed by atoms with E-state index in [1.54, 1.807) is 32.4 Å². The third kappa shape index (κ3) is 2.76. The molecule has 4 nitrogen and oxygen atoms in total. The van der Waals surface area contributed by atoms with Crippen molar-refractivity contribution in [3.63, 3.8) is 0 Å². The Labute approximate surface area is 132 Å². The van der Waals surface area contributed by atoms with Gasteiger partial charge in [0.15, 0.2) is 11.5 Å². The fraction of sp³-hybridized carbons (Fsp3) is 0.118. The number of cyclic esters (lactones) is 1. The zero-order chi connectivity index (χ0) is 15.5. The Hall–Kier alpha value is -2.53. The minimum absolute atomic E-state index is 0.349. The second kappa shape index (κ2) is 6.07. The fourth-order valence-electron chi connectivity index (χ4n) is 2.15. The maximum Gasteiger partial charge on any atom is 0.343 e. The molecule has 22 heavy (non-hydrogen) atoms. The van der Waals surface area contributed by atoms with E-state index < -0.39 is 0 Å². The molecule has 5 heteroatoms. The molecule has 2 aromatic rings. The number of hydrogen-bond acceptors (Lipinski definition) is 5. The summed E-state index contributed by atoms with van der Waals surface area (Å²) in [4.78, 5) is 12.9. The lowest BCUT2D eigenvalue weighted by molar-refractivity contribution is -0.130. The third-order valence-corrected chi connectivity index (χ3v) is 4.10. The van der Waals surface area contributed by atoms with Crippen LogP contribution in [0.2, 0.25) is 0 Å². The van der Waals surface area contributed by atoms with Crippen molar-refractivity contribution in [3.05, 3.63) is 57.8 Å². The predicted molar refractivity (Wildman–Crippen MR) is 85.9 cm³/mol. The fourth-order valence-corrected chi connectivity index (χ4v) is 2.83. The van der Waals surface area contributed by atoms with Crippen LogP contribution in [0.5, 0.6) is 11.5 Å². The van der Waals surface area contributed by atoms with Crippen molar-refractivity contribution in [1.82, 2.24) is 0 Å². The first-order valence-corrected chi connectivity index (χ1v) is 7.50. The first-order valence-electron chi connectivity index (χ1n) is 6.63. The Bertz CT molecular complexity index is 757. The molecule has 112 valence electrons.